The largest absolute Gasteiger partial charge is 0.444 e. The lowest BCUT2D eigenvalue weighted by Gasteiger charge is -2.36. The van der Waals surface area contributed by atoms with Gasteiger partial charge in [0, 0.05) is 122 Å². The van der Waals surface area contributed by atoms with E-state index in [2.05, 4.69) is 146 Å². The van der Waals surface area contributed by atoms with Crippen LogP contribution < -0.4 is 20.4 Å². The van der Waals surface area contributed by atoms with E-state index in [0.717, 1.165) is 117 Å². The lowest BCUT2D eigenvalue weighted by Crippen LogP contribution is -2.50. The van der Waals surface area contributed by atoms with Crippen molar-refractivity contribution in [3.63, 3.8) is 0 Å². The summed E-state index contributed by atoms with van der Waals surface area (Å²) in [7, 11) is 1.93. The molecular weight excluding hydrogens is 985 g/mol. The van der Waals surface area contributed by atoms with E-state index in [4.69, 9.17) is 9.47 Å². The van der Waals surface area contributed by atoms with Crippen molar-refractivity contribution in [3.05, 3.63) is 137 Å². The molecule has 4 aromatic carbocycles. The van der Waals surface area contributed by atoms with Gasteiger partial charge in [-0.05, 0) is 136 Å². The summed E-state index contributed by atoms with van der Waals surface area (Å²) in [5, 5.41) is 11.3. The fourth-order valence-electron chi connectivity index (χ4n) is 9.61. The maximum atomic E-state index is 12.4. The van der Waals surface area contributed by atoms with Crippen LogP contribution in [0, 0.1) is 0 Å². The standard InChI is InChI=1S/C30H33N7O2.C26H28BrN5O2/c1-30(2,3)39-29(38)37-13-11-36(12-14-37)24-9-7-23(8-10-24)34-28-27-25-15-20(22-17-33-35(4)18-22)5-6-21(25)16-26(27)31-19-32-28;1-26(2,3)34-25(33)32-12-10-31(11-13-32)20-8-6-19(7-9-20)30-24-23-21-15-18(27)5-4-17(21)14-22(23)28-16-29-24/h5-10,15,17-19H,11-14,16H2,1-4H3,(H,31,32,34);4-9,15-16H,10-14H2,1-3H3,(H,28,29,30). The second kappa shape index (κ2) is 20.2. The highest BCUT2D eigenvalue weighted by Crippen LogP contribution is 2.43. The van der Waals surface area contributed by atoms with E-state index in [1.807, 2.05) is 65.7 Å². The summed E-state index contributed by atoms with van der Waals surface area (Å²) in [4.78, 5) is 51.1. The predicted octanol–water partition coefficient (Wildman–Crippen LogP) is 10.9. The van der Waals surface area contributed by atoms with Gasteiger partial charge in [-0.2, -0.15) is 5.10 Å². The Morgan fingerprint density at radius 1 is 0.562 bits per heavy atom. The molecule has 4 aliphatic rings. The molecule has 73 heavy (non-hydrogen) atoms. The topological polar surface area (TPSA) is 159 Å². The quantitative estimate of drug-likeness (QED) is 0.155. The molecule has 2 saturated heterocycles. The molecule has 0 spiro atoms. The normalized spacial score (nSPS) is 14.8. The molecule has 0 atom stereocenters. The zero-order valence-electron chi connectivity index (χ0n) is 42.4. The number of benzene rings is 4. The molecule has 376 valence electrons. The number of amides is 2. The number of hydrogen-bond acceptors (Lipinski definition) is 13. The monoisotopic (exact) mass is 1040 g/mol. The van der Waals surface area contributed by atoms with Gasteiger partial charge in [0.2, 0.25) is 0 Å². The van der Waals surface area contributed by atoms with Crippen LogP contribution in [0.5, 0.6) is 0 Å². The Kier molecular flexibility index (Phi) is 13.6. The fraction of sp³-hybridized carbons (Fsp3) is 0.339. The summed E-state index contributed by atoms with van der Waals surface area (Å²) in [6.45, 7) is 17.0. The Morgan fingerprint density at radius 2 is 1.01 bits per heavy atom. The summed E-state index contributed by atoms with van der Waals surface area (Å²) in [5.41, 5.74) is 14.5. The molecule has 0 saturated carbocycles. The van der Waals surface area contributed by atoms with E-state index in [1.54, 1.807) is 22.5 Å². The Labute approximate surface area is 434 Å². The highest BCUT2D eigenvalue weighted by Gasteiger charge is 2.29. The predicted molar refractivity (Wildman–Crippen MR) is 290 cm³/mol. The number of piperazine rings is 2. The number of ether oxygens (including phenoxy) is 2. The summed E-state index contributed by atoms with van der Waals surface area (Å²) < 4.78 is 13.9. The Bertz CT molecular complexity index is 3150. The van der Waals surface area contributed by atoms with Gasteiger partial charge >= 0.3 is 12.2 Å². The van der Waals surface area contributed by atoms with E-state index in [1.165, 1.54) is 16.7 Å². The Hall–Kier alpha value is -7.53. The number of hydrogen-bond donors (Lipinski definition) is 2. The maximum absolute atomic E-state index is 12.4. The van der Waals surface area contributed by atoms with Crippen molar-refractivity contribution in [1.29, 1.82) is 0 Å². The van der Waals surface area contributed by atoms with Crippen LogP contribution in [0.4, 0.5) is 44.0 Å². The van der Waals surface area contributed by atoms with E-state index < -0.39 is 11.2 Å². The number of aryl methyl sites for hydroxylation is 1. The minimum atomic E-state index is -0.482. The van der Waals surface area contributed by atoms with E-state index in [9.17, 15) is 9.59 Å². The number of fused-ring (bicyclic) bond motifs is 6. The molecule has 2 amide bonds. The van der Waals surface area contributed by atoms with Crippen molar-refractivity contribution in [3.8, 4) is 33.4 Å². The third-order valence-electron chi connectivity index (χ3n) is 13.2. The zero-order chi connectivity index (χ0) is 51.0. The van der Waals surface area contributed by atoms with Gasteiger partial charge in [-0.3, -0.25) is 4.68 Å². The molecule has 2 aliphatic heterocycles. The number of aromatic nitrogens is 6. The summed E-state index contributed by atoms with van der Waals surface area (Å²) >= 11 is 3.58. The van der Waals surface area contributed by atoms with Gasteiger partial charge in [0.15, 0.2) is 0 Å². The van der Waals surface area contributed by atoms with Crippen LogP contribution in [0.2, 0.25) is 0 Å². The van der Waals surface area contributed by atoms with Crippen LogP contribution in [0.1, 0.15) is 64.1 Å². The highest BCUT2D eigenvalue weighted by atomic mass is 79.9. The molecule has 2 aliphatic carbocycles. The molecule has 5 heterocycles. The molecule has 7 aromatic rings. The Morgan fingerprint density at radius 3 is 1.45 bits per heavy atom. The van der Waals surface area contributed by atoms with Gasteiger partial charge in [0.1, 0.15) is 35.5 Å². The van der Waals surface area contributed by atoms with Crippen LogP contribution in [-0.4, -0.2) is 115 Å². The molecule has 3 aromatic heterocycles. The van der Waals surface area contributed by atoms with Crippen molar-refractivity contribution >= 4 is 62.5 Å². The van der Waals surface area contributed by atoms with Crippen LogP contribution in [0.25, 0.3) is 33.4 Å². The number of rotatable bonds is 7. The first kappa shape index (κ1) is 49.1. The number of carbonyl (C=O) groups is 2. The number of halogens is 1. The first-order valence-corrected chi connectivity index (χ1v) is 25.6. The average molecular weight is 1050 g/mol. The van der Waals surface area contributed by atoms with Gasteiger partial charge in [-0.15, -0.1) is 0 Å². The minimum absolute atomic E-state index is 0.238. The second-order valence-electron chi connectivity index (χ2n) is 20.8. The molecule has 2 fully saturated rings. The van der Waals surface area contributed by atoms with Crippen molar-refractivity contribution < 1.29 is 19.1 Å². The molecular formula is C56H61BrN12O4. The van der Waals surface area contributed by atoms with Crippen LogP contribution in [0.3, 0.4) is 0 Å². The van der Waals surface area contributed by atoms with Crippen molar-refractivity contribution in [1.82, 2.24) is 39.5 Å². The first-order valence-electron chi connectivity index (χ1n) is 24.8. The lowest BCUT2D eigenvalue weighted by atomic mass is 10.0. The van der Waals surface area contributed by atoms with Crippen LogP contribution in [0.15, 0.2) is 114 Å². The first-order chi connectivity index (χ1) is 35.0. The third kappa shape index (κ3) is 11.3. The van der Waals surface area contributed by atoms with Gasteiger partial charge in [0.25, 0.3) is 0 Å². The number of carbonyl (C=O) groups excluding carboxylic acids is 2. The fourth-order valence-corrected chi connectivity index (χ4v) is 9.97. The molecule has 0 bridgehead atoms. The molecule has 0 radical (unpaired) electrons. The van der Waals surface area contributed by atoms with Gasteiger partial charge in [-0.25, -0.2) is 29.5 Å². The molecule has 16 nitrogen and oxygen atoms in total. The van der Waals surface area contributed by atoms with Gasteiger partial charge in [0.05, 0.1) is 17.6 Å². The second-order valence-corrected chi connectivity index (χ2v) is 21.7. The van der Waals surface area contributed by atoms with E-state index in [-0.39, 0.29) is 12.2 Å². The minimum Gasteiger partial charge on any atom is -0.444 e. The zero-order valence-corrected chi connectivity index (χ0v) is 44.0. The van der Waals surface area contributed by atoms with Crippen LogP contribution in [-0.2, 0) is 29.4 Å². The van der Waals surface area contributed by atoms with Gasteiger partial charge in [-0.1, -0.05) is 34.1 Å². The molecule has 11 rings (SSSR count). The summed E-state index contributed by atoms with van der Waals surface area (Å²) in [5.74, 6) is 1.63. The van der Waals surface area contributed by atoms with Crippen molar-refractivity contribution in [2.24, 2.45) is 7.05 Å². The maximum Gasteiger partial charge on any atom is 0.410 e. The summed E-state index contributed by atoms with van der Waals surface area (Å²) in [6.07, 6.45) is 8.31. The smallest absolute Gasteiger partial charge is 0.410 e. The SMILES string of the molecule is CC(C)(C)OC(=O)N1CCN(c2ccc(Nc3ncnc4c3-c3cc(Br)ccc3C4)cc2)CC1.Cn1cc(-c2ccc3c(c2)-c2c(ncnc2Nc2ccc(N4CCN(C(=O)OC(C)(C)C)CC4)cc2)C3)cn1. The Balaban J connectivity index is 0.000000169. The highest BCUT2D eigenvalue weighted by molar-refractivity contribution is 9.10. The number of nitrogens with one attached hydrogen (secondary N) is 2. The van der Waals surface area contributed by atoms with Crippen molar-refractivity contribution in [2.75, 3.05) is 72.8 Å². The number of nitrogens with zero attached hydrogens (tertiary/aromatic N) is 10. The lowest BCUT2D eigenvalue weighted by molar-refractivity contribution is 0.0230. The van der Waals surface area contributed by atoms with Crippen molar-refractivity contribution in [2.45, 2.75) is 65.6 Å². The molecule has 17 heteroatoms. The molecule has 2 N–H and O–H groups in total. The van der Waals surface area contributed by atoms with Gasteiger partial charge < -0.3 is 39.7 Å². The summed E-state index contributed by atoms with van der Waals surface area (Å²) in [6, 6.07) is 29.6. The van der Waals surface area contributed by atoms with E-state index in [0.29, 0.717) is 26.2 Å². The molecule has 0 unspecified atom stereocenters. The van der Waals surface area contributed by atoms with E-state index >= 15 is 0 Å². The average Bonchev–Trinajstić information content (AvgIpc) is 4.09. The third-order valence-corrected chi connectivity index (χ3v) is 13.7. The number of anilines is 6. The van der Waals surface area contributed by atoms with Crippen LogP contribution >= 0.6 is 15.9 Å².